The number of unbranched alkanes of at least 4 members (excludes halogenated alkanes) is 1. The zero-order chi connectivity index (χ0) is 37.2. The predicted molar refractivity (Wildman–Crippen MR) is 195 cm³/mol. The number of amides is 2. The number of carbonyl (C=O) groups is 4. The molecule has 1 saturated heterocycles. The maximum atomic E-state index is 14.3. The number of pyridine rings is 1. The molecule has 0 aliphatic carbocycles. The van der Waals surface area contributed by atoms with Gasteiger partial charge in [0.25, 0.3) is 21.9 Å². The van der Waals surface area contributed by atoms with E-state index < -0.39 is 33.9 Å². The summed E-state index contributed by atoms with van der Waals surface area (Å²) < 4.78 is 40.3. The largest absolute Gasteiger partial charge is 0.422 e. The van der Waals surface area contributed by atoms with Crippen LogP contribution in [-0.4, -0.2) is 47.5 Å². The predicted octanol–water partition coefficient (Wildman–Crippen LogP) is 6.48. The van der Waals surface area contributed by atoms with Gasteiger partial charge in [0.05, 0.1) is 27.7 Å². The van der Waals surface area contributed by atoms with Crippen molar-refractivity contribution in [3.05, 3.63) is 118 Å². The smallest absolute Gasteiger partial charge is 0.363 e. The molecule has 6 rings (SSSR count). The minimum Gasteiger partial charge on any atom is -0.422 e. The second-order valence-corrected chi connectivity index (χ2v) is 14.4. The van der Waals surface area contributed by atoms with E-state index in [1.54, 1.807) is 13.8 Å². The average molecular weight is 722 g/mol. The number of ether oxygens (including phenoxy) is 1. The standard InChI is InChI=1S/C40H36N2O9S/c1-25-10-12-28(13-11-25)14-15-29-16-17-32-34(24-29)41(20-6-7-21-52(47,48)49)33-9-5-4-8-31(33)37(32)40(46)50-38-26(2)22-30(23-27(38)3)39(45)51-42-35(43)18-19-36(42)44/h4-5,8-17,22-24H,6-7,18-21H2,1-3H3/p+1/b15-14+. The van der Waals surface area contributed by atoms with Crippen LogP contribution in [-0.2, 0) is 31.1 Å². The van der Waals surface area contributed by atoms with Gasteiger partial charge in [0, 0.05) is 31.4 Å². The van der Waals surface area contributed by atoms with Gasteiger partial charge in [0.2, 0.25) is 11.0 Å². The topological polar surface area (TPSA) is 148 Å². The Kier molecular flexibility index (Phi) is 10.3. The first-order valence-electron chi connectivity index (χ1n) is 16.8. The third kappa shape index (κ3) is 7.93. The molecule has 0 unspecified atom stereocenters. The number of fused-ring (bicyclic) bond motifs is 2. The zero-order valence-electron chi connectivity index (χ0n) is 28.9. The number of rotatable bonds is 11. The molecule has 12 heteroatoms. The first-order chi connectivity index (χ1) is 24.8. The van der Waals surface area contributed by atoms with Gasteiger partial charge in [-0.15, -0.1) is 5.06 Å². The third-order valence-corrected chi connectivity index (χ3v) is 9.71. The van der Waals surface area contributed by atoms with Crippen LogP contribution < -0.4 is 9.30 Å². The van der Waals surface area contributed by atoms with E-state index in [1.807, 2.05) is 90.4 Å². The fourth-order valence-electron chi connectivity index (χ4n) is 6.33. The first kappa shape index (κ1) is 36.1. The van der Waals surface area contributed by atoms with Gasteiger partial charge >= 0.3 is 11.9 Å². The molecular weight excluding hydrogens is 685 g/mol. The van der Waals surface area contributed by atoms with E-state index in [9.17, 15) is 32.1 Å². The third-order valence-electron chi connectivity index (χ3n) is 8.90. The number of benzene rings is 4. The van der Waals surface area contributed by atoms with E-state index in [4.69, 9.17) is 9.57 Å². The molecule has 2 amide bonds. The lowest BCUT2D eigenvalue weighted by atomic mass is 9.99. The van der Waals surface area contributed by atoms with Crippen molar-refractivity contribution in [1.29, 1.82) is 0 Å². The summed E-state index contributed by atoms with van der Waals surface area (Å²) >= 11 is 0. The highest BCUT2D eigenvalue weighted by atomic mass is 32.2. The lowest BCUT2D eigenvalue weighted by Crippen LogP contribution is -2.37. The molecule has 2 heterocycles. The second-order valence-electron chi connectivity index (χ2n) is 12.8. The minimum atomic E-state index is -4.11. The molecule has 11 nitrogen and oxygen atoms in total. The van der Waals surface area contributed by atoms with Crippen molar-refractivity contribution < 1.29 is 46.3 Å². The van der Waals surface area contributed by atoms with Crippen molar-refractivity contribution in [2.24, 2.45) is 0 Å². The average Bonchev–Trinajstić information content (AvgIpc) is 3.42. The number of hydrogen-bond acceptors (Lipinski definition) is 8. The lowest BCUT2D eigenvalue weighted by Gasteiger charge is -2.16. The highest BCUT2D eigenvalue weighted by molar-refractivity contribution is 7.85. The molecule has 4 aromatic carbocycles. The minimum absolute atomic E-state index is 0.0264. The number of imide groups is 1. The Morgan fingerprint density at radius 2 is 1.40 bits per heavy atom. The van der Waals surface area contributed by atoms with Crippen LogP contribution in [0, 0.1) is 20.8 Å². The number of para-hydroxylation sites is 1. The Morgan fingerprint density at radius 1 is 0.788 bits per heavy atom. The summed E-state index contributed by atoms with van der Waals surface area (Å²) in [5, 5.41) is 1.71. The molecular formula is C40H37N2O9S+. The van der Waals surface area contributed by atoms with E-state index in [-0.39, 0.29) is 36.3 Å². The second kappa shape index (κ2) is 14.9. The molecule has 266 valence electrons. The summed E-state index contributed by atoms with van der Waals surface area (Å²) in [7, 11) is -4.11. The number of carbonyl (C=O) groups excluding carboxylic acids is 4. The Labute approximate surface area is 300 Å². The van der Waals surface area contributed by atoms with E-state index in [1.165, 1.54) is 12.1 Å². The molecule has 1 N–H and O–H groups in total. The Bertz CT molecular complexity index is 2360. The highest BCUT2D eigenvalue weighted by Gasteiger charge is 2.33. The molecule has 0 spiro atoms. The summed E-state index contributed by atoms with van der Waals surface area (Å²) in [5.41, 5.74) is 5.83. The fraction of sp³-hybridized carbons (Fsp3) is 0.225. The zero-order valence-corrected chi connectivity index (χ0v) is 29.7. The molecule has 1 aromatic heterocycles. The molecule has 52 heavy (non-hydrogen) atoms. The van der Waals surface area contributed by atoms with E-state index in [0.717, 1.165) is 27.7 Å². The van der Waals surface area contributed by atoms with E-state index >= 15 is 0 Å². The number of hydroxylamine groups is 2. The monoisotopic (exact) mass is 721 g/mol. The van der Waals surface area contributed by atoms with Crippen LogP contribution in [0.2, 0.25) is 0 Å². The maximum absolute atomic E-state index is 14.3. The molecule has 0 atom stereocenters. The summed E-state index contributed by atoms with van der Waals surface area (Å²) in [6.07, 6.45) is 4.62. The molecule has 1 aliphatic rings. The van der Waals surface area contributed by atoms with E-state index in [0.29, 0.717) is 45.5 Å². The number of aryl methyl sites for hydroxylation is 4. The number of nitrogens with zero attached hydrogens (tertiary/aromatic N) is 2. The van der Waals surface area contributed by atoms with Crippen molar-refractivity contribution in [3.63, 3.8) is 0 Å². The van der Waals surface area contributed by atoms with Crippen molar-refractivity contribution >= 4 is 67.8 Å². The van der Waals surface area contributed by atoms with Gasteiger partial charge in [0.1, 0.15) is 12.3 Å². The van der Waals surface area contributed by atoms with Crippen molar-refractivity contribution in [3.8, 4) is 5.75 Å². The first-order valence-corrected chi connectivity index (χ1v) is 18.4. The van der Waals surface area contributed by atoms with Crippen molar-refractivity contribution in [2.45, 2.75) is 53.0 Å². The number of aromatic nitrogens is 1. The van der Waals surface area contributed by atoms with Crippen LogP contribution >= 0.6 is 0 Å². The van der Waals surface area contributed by atoms with Crippen molar-refractivity contribution in [2.75, 3.05) is 5.75 Å². The highest BCUT2D eigenvalue weighted by Crippen LogP contribution is 2.31. The lowest BCUT2D eigenvalue weighted by molar-refractivity contribution is -0.645. The quantitative estimate of drug-likeness (QED) is 0.0236. The van der Waals surface area contributed by atoms with Gasteiger partial charge in [-0.1, -0.05) is 60.2 Å². The SMILES string of the molecule is Cc1ccc(/C=C/c2ccc3c(C(=O)Oc4c(C)cc(C(=O)ON5C(=O)CCC5=O)cc4C)c4ccccc4[n+](CCCCS(=O)(=O)O)c3c2)cc1. The Balaban J connectivity index is 1.38. The fourth-order valence-corrected chi connectivity index (χ4v) is 6.90. The number of hydrogen-bond donors (Lipinski definition) is 1. The van der Waals surface area contributed by atoms with Gasteiger partial charge in [-0.3, -0.25) is 14.1 Å². The van der Waals surface area contributed by atoms with E-state index in [2.05, 4.69) is 0 Å². The molecule has 0 saturated carbocycles. The normalized spacial score (nSPS) is 13.4. The van der Waals surface area contributed by atoms with Crippen LogP contribution in [0.4, 0.5) is 0 Å². The molecule has 1 fully saturated rings. The summed E-state index contributed by atoms with van der Waals surface area (Å²) in [4.78, 5) is 56.1. The van der Waals surface area contributed by atoms with Crippen LogP contribution in [0.5, 0.6) is 5.75 Å². The summed E-state index contributed by atoms with van der Waals surface area (Å²) in [5.74, 6) is -2.81. The summed E-state index contributed by atoms with van der Waals surface area (Å²) in [6.45, 7) is 5.79. The summed E-state index contributed by atoms with van der Waals surface area (Å²) in [6, 6.07) is 24.2. The van der Waals surface area contributed by atoms with Gasteiger partial charge in [-0.05, 0) is 73.7 Å². The van der Waals surface area contributed by atoms with Crippen molar-refractivity contribution in [1.82, 2.24) is 5.06 Å². The van der Waals surface area contributed by atoms with Crippen LogP contribution in [0.3, 0.4) is 0 Å². The van der Waals surface area contributed by atoms with Crippen LogP contribution in [0.25, 0.3) is 34.0 Å². The molecule has 0 radical (unpaired) electrons. The van der Waals surface area contributed by atoms with Gasteiger partial charge in [-0.2, -0.15) is 13.0 Å². The molecule has 5 aromatic rings. The Morgan fingerprint density at radius 3 is 2.08 bits per heavy atom. The van der Waals surface area contributed by atoms with Crippen LogP contribution in [0.15, 0.2) is 78.9 Å². The van der Waals surface area contributed by atoms with Gasteiger partial charge < -0.3 is 9.57 Å². The van der Waals surface area contributed by atoms with Crippen LogP contribution in [0.1, 0.15) is 74.2 Å². The molecule has 0 bridgehead atoms. The number of esters is 1. The maximum Gasteiger partial charge on any atom is 0.363 e. The molecule has 1 aliphatic heterocycles. The Hall–Kier alpha value is -5.72. The van der Waals surface area contributed by atoms with Gasteiger partial charge in [-0.25, -0.2) is 9.59 Å². The van der Waals surface area contributed by atoms with Gasteiger partial charge in [0.15, 0.2) is 0 Å².